The summed E-state index contributed by atoms with van der Waals surface area (Å²) < 4.78 is 5.20. The minimum absolute atomic E-state index is 0.123. The number of halogens is 1. The van der Waals surface area contributed by atoms with Crippen molar-refractivity contribution in [2.45, 2.75) is 19.4 Å². The third kappa shape index (κ3) is 4.39. The monoisotopic (exact) mass is 274 g/mol. The maximum absolute atomic E-state index is 5.99. The molecule has 1 aromatic carbocycles. The molecule has 17 heavy (non-hydrogen) atoms. The van der Waals surface area contributed by atoms with Crippen molar-refractivity contribution in [1.82, 2.24) is 5.43 Å². The SMILES string of the molecule is CCCSCC(NN)c1ccc(Cl)c(OC)c1. The van der Waals surface area contributed by atoms with Crippen LogP contribution in [0.3, 0.4) is 0 Å². The van der Waals surface area contributed by atoms with Gasteiger partial charge in [0.05, 0.1) is 18.2 Å². The molecule has 0 radical (unpaired) electrons. The number of methoxy groups -OCH3 is 1. The van der Waals surface area contributed by atoms with Gasteiger partial charge in [0.25, 0.3) is 0 Å². The second-order valence-electron chi connectivity index (χ2n) is 3.69. The Hall–Kier alpha value is -0.420. The van der Waals surface area contributed by atoms with Gasteiger partial charge in [-0.25, -0.2) is 0 Å². The number of hydrogen-bond donors (Lipinski definition) is 2. The Bertz CT molecular complexity index is 349. The van der Waals surface area contributed by atoms with Gasteiger partial charge >= 0.3 is 0 Å². The molecule has 0 heterocycles. The van der Waals surface area contributed by atoms with E-state index in [1.807, 2.05) is 30.0 Å². The summed E-state index contributed by atoms with van der Waals surface area (Å²) in [6, 6.07) is 5.86. The molecular weight excluding hydrogens is 256 g/mol. The van der Waals surface area contributed by atoms with Crippen molar-refractivity contribution < 1.29 is 4.74 Å². The van der Waals surface area contributed by atoms with Crippen molar-refractivity contribution in [2.75, 3.05) is 18.6 Å². The van der Waals surface area contributed by atoms with Crippen molar-refractivity contribution in [1.29, 1.82) is 0 Å². The Kier molecular flexibility index (Phi) is 6.73. The average Bonchev–Trinajstić information content (AvgIpc) is 2.36. The van der Waals surface area contributed by atoms with Crippen LogP contribution < -0.4 is 16.0 Å². The van der Waals surface area contributed by atoms with Gasteiger partial charge in [0.1, 0.15) is 5.75 Å². The van der Waals surface area contributed by atoms with Crippen molar-refractivity contribution in [2.24, 2.45) is 5.84 Å². The summed E-state index contributed by atoms with van der Waals surface area (Å²) in [4.78, 5) is 0. The number of hydrogen-bond acceptors (Lipinski definition) is 4. The van der Waals surface area contributed by atoms with Gasteiger partial charge in [0.15, 0.2) is 0 Å². The predicted molar refractivity (Wildman–Crippen MR) is 75.7 cm³/mol. The van der Waals surface area contributed by atoms with Crippen LogP contribution in [0.1, 0.15) is 24.9 Å². The molecular formula is C12H19ClN2OS. The van der Waals surface area contributed by atoms with Crippen LogP contribution in [0.2, 0.25) is 5.02 Å². The largest absolute Gasteiger partial charge is 0.495 e. The van der Waals surface area contributed by atoms with Crippen LogP contribution in [0.15, 0.2) is 18.2 Å². The molecule has 3 nitrogen and oxygen atoms in total. The van der Waals surface area contributed by atoms with Crippen molar-refractivity contribution >= 4 is 23.4 Å². The molecule has 1 rings (SSSR count). The quantitative estimate of drug-likeness (QED) is 0.456. The number of nitrogens with one attached hydrogen (secondary N) is 1. The van der Waals surface area contributed by atoms with E-state index in [1.54, 1.807) is 7.11 Å². The number of thioether (sulfide) groups is 1. The zero-order chi connectivity index (χ0) is 12.7. The summed E-state index contributed by atoms with van der Waals surface area (Å²) in [5.41, 5.74) is 3.92. The van der Waals surface area contributed by atoms with E-state index in [1.165, 1.54) is 6.42 Å². The minimum atomic E-state index is 0.123. The van der Waals surface area contributed by atoms with E-state index in [0.717, 1.165) is 17.1 Å². The highest BCUT2D eigenvalue weighted by atomic mass is 35.5. The van der Waals surface area contributed by atoms with Crippen LogP contribution in [0.4, 0.5) is 0 Å². The van der Waals surface area contributed by atoms with Gasteiger partial charge in [0, 0.05) is 5.75 Å². The molecule has 0 aliphatic rings. The third-order valence-electron chi connectivity index (χ3n) is 2.41. The maximum atomic E-state index is 5.99. The van der Waals surface area contributed by atoms with E-state index in [9.17, 15) is 0 Å². The third-order valence-corrected chi connectivity index (χ3v) is 3.99. The van der Waals surface area contributed by atoms with Gasteiger partial charge in [-0.2, -0.15) is 11.8 Å². The molecule has 1 atom stereocenters. The lowest BCUT2D eigenvalue weighted by molar-refractivity contribution is 0.413. The fourth-order valence-electron chi connectivity index (χ4n) is 1.48. The Morgan fingerprint density at radius 1 is 1.53 bits per heavy atom. The first-order chi connectivity index (χ1) is 8.22. The van der Waals surface area contributed by atoms with Crippen LogP contribution in [-0.2, 0) is 0 Å². The highest BCUT2D eigenvalue weighted by molar-refractivity contribution is 7.99. The van der Waals surface area contributed by atoms with Gasteiger partial charge in [-0.05, 0) is 29.9 Å². The summed E-state index contributed by atoms with van der Waals surface area (Å²) >= 11 is 7.87. The lowest BCUT2D eigenvalue weighted by Gasteiger charge is -2.17. The molecule has 0 saturated carbocycles. The van der Waals surface area contributed by atoms with E-state index in [-0.39, 0.29) is 6.04 Å². The molecule has 0 saturated heterocycles. The molecule has 3 N–H and O–H groups in total. The zero-order valence-corrected chi connectivity index (χ0v) is 11.8. The van der Waals surface area contributed by atoms with E-state index < -0.39 is 0 Å². The summed E-state index contributed by atoms with van der Waals surface area (Å²) in [6.45, 7) is 2.17. The Morgan fingerprint density at radius 2 is 2.29 bits per heavy atom. The van der Waals surface area contributed by atoms with Crippen LogP contribution in [0.25, 0.3) is 0 Å². The summed E-state index contributed by atoms with van der Waals surface area (Å²) in [6.07, 6.45) is 1.17. The summed E-state index contributed by atoms with van der Waals surface area (Å²) in [7, 11) is 1.61. The molecule has 0 aliphatic carbocycles. The van der Waals surface area contributed by atoms with Crippen molar-refractivity contribution in [3.8, 4) is 5.75 Å². The van der Waals surface area contributed by atoms with Crippen LogP contribution in [-0.4, -0.2) is 18.6 Å². The van der Waals surface area contributed by atoms with Crippen LogP contribution in [0.5, 0.6) is 5.75 Å². The van der Waals surface area contributed by atoms with E-state index in [4.69, 9.17) is 22.2 Å². The van der Waals surface area contributed by atoms with Gasteiger partial charge in [-0.1, -0.05) is 24.6 Å². The molecule has 0 bridgehead atoms. The van der Waals surface area contributed by atoms with Gasteiger partial charge in [-0.15, -0.1) is 0 Å². The Morgan fingerprint density at radius 3 is 2.88 bits per heavy atom. The van der Waals surface area contributed by atoms with E-state index >= 15 is 0 Å². The summed E-state index contributed by atoms with van der Waals surface area (Å²) in [5, 5.41) is 0.619. The van der Waals surface area contributed by atoms with Crippen LogP contribution in [0, 0.1) is 0 Å². The molecule has 1 unspecified atom stereocenters. The summed E-state index contributed by atoms with van der Waals surface area (Å²) in [5.74, 6) is 8.35. The standard InChI is InChI=1S/C12H19ClN2OS/c1-3-6-17-8-11(15-14)9-4-5-10(13)12(7-9)16-2/h4-5,7,11,15H,3,6,8,14H2,1-2H3. The maximum Gasteiger partial charge on any atom is 0.137 e. The average molecular weight is 275 g/mol. The fraction of sp³-hybridized carbons (Fsp3) is 0.500. The molecule has 0 spiro atoms. The topological polar surface area (TPSA) is 47.3 Å². The molecule has 0 amide bonds. The van der Waals surface area contributed by atoms with Gasteiger partial charge < -0.3 is 4.74 Å². The fourth-order valence-corrected chi connectivity index (χ4v) is 2.65. The number of benzene rings is 1. The lowest BCUT2D eigenvalue weighted by Crippen LogP contribution is -2.29. The van der Waals surface area contributed by atoms with Gasteiger partial charge in [-0.3, -0.25) is 11.3 Å². The highest BCUT2D eigenvalue weighted by Crippen LogP contribution is 2.28. The van der Waals surface area contributed by atoms with E-state index in [0.29, 0.717) is 10.8 Å². The number of rotatable bonds is 7. The number of hydrazine groups is 1. The first-order valence-electron chi connectivity index (χ1n) is 5.60. The van der Waals surface area contributed by atoms with Crippen molar-refractivity contribution in [3.05, 3.63) is 28.8 Å². The molecule has 0 fully saturated rings. The molecule has 1 aromatic rings. The lowest BCUT2D eigenvalue weighted by atomic mass is 10.1. The normalized spacial score (nSPS) is 12.5. The molecule has 96 valence electrons. The number of nitrogens with two attached hydrogens (primary N) is 1. The first kappa shape index (κ1) is 14.6. The zero-order valence-electron chi connectivity index (χ0n) is 10.2. The molecule has 0 aromatic heterocycles. The predicted octanol–water partition coefficient (Wildman–Crippen LogP) is 3.00. The molecule has 0 aliphatic heterocycles. The van der Waals surface area contributed by atoms with Crippen LogP contribution >= 0.6 is 23.4 Å². The highest BCUT2D eigenvalue weighted by Gasteiger charge is 2.11. The first-order valence-corrected chi connectivity index (χ1v) is 7.13. The van der Waals surface area contributed by atoms with Crippen molar-refractivity contribution in [3.63, 3.8) is 0 Å². The van der Waals surface area contributed by atoms with Gasteiger partial charge in [0.2, 0.25) is 0 Å². The Balaban J connectivity index is 2.73. The second kappa shape index (κ2) is 7.82. The number of ether oxygens (including phenoxy) is 1. The Labute approximate surface area is 112 Å². The second-order valence-corrected chi connectivity index (χ2v) is 5.25. The molecule has 5 heteroatoms. The minimum Gasteiger partial charge on any atom is -0.495 e. The van der Waals surface area contributed by atoms with E-state index in [2.05, 4.69) is 12.3 Å². The smallest absolute Gasteiger partial charge is 0.137 e.